The van der Waals surface area contributed by atoms with E-state index in [4.69, 9.17) is 0 Å². The van der Waals surface area contributed by atoms with E-state index in [2.05, 4.69) is 37.3 Å². The van der Waals surface area contributed by atoms with E-state index in [0.717, 1.165) is 35.4 Å². The molecule has 2 atom stereocenters. The summed E-state index contributed by atoms with van der Waals surface area (Å²) in [5.74, 6) is 0.0508. The fraction of sp³-hybridized carbons (Fsp3) is 0.579. The number of hydrogen-bond donors (Lipinski definition) is 2. The van der Waals surface area contributed by atoms with Crippen LogP contribution in [0.1, 0.15) is 51.2 Å². The van der Waals surface area contributed by atoms with Gasteiger partial charge in [0.05, 0.1) is 11.1 Å². The second-order valence-corrected chi connectivity index (χ2v) is 8.09. The Morgan fingerprint density at radius 3 is 2.26 bits per heavy atom. The summed E-state index contributed by atoms with van der Waals surface area (Å²) in [6, 6.07) is 6.09. The molecule has 124 valence electrons. The van der Waals surface area contributed by atoms with Crippen LogP contribution in [-0.2, 0) is 4.79 Å². The molecule has 2 saturated carbocycles. The zero-order chi connectivity index (χ0) is 17.0. The lowest BCUT2D eigenvalue weighted by molar-refractivity contribution is -0.130. The van der Waals surface area contributed by atoms with Crippen molar-refractivity contribution in [2.24, 2.45) is 21.4 Å². The zero-order valence-electron chi connectivity index (χ0n) is 14.7. The second-order valence-electron chi connectivity index (χ2n) is 8.09. The van der Waals surface area contributed by atoms with Gasteiger partial charge < -0.3 is 10.5 Å². The van der Waals surface area contributed by atoms with Crippen molar-refractivity contribution in [1.82, 2.24) is 0 Å². The minimum absolute atomic E-state index is 0.0508. The number of hydrogen-bond acceptors (Lipinski definition) is 3. The Balaban J connectivity index is 1.96. The van der Waals surface area contributed by atoms with Crippen LogP contribution in [-0.4, -0.2) is 16.8 Å². The fourth-order valence-corrected chi connectivity index (χ4v) is 4.83. The smallest absolute Gasteiger partial charge is 0.231 e. The standard InChI is InChI=1S/C19H26N2O2/c1-12-8-13(2)10-14(9-12)20-16(22)19-7-6-18(5,17(19,3)4)15(11-19)21-23/h8-10,23H,6-7,11H2,1-5H3,(H,20,22)/b21-15+. The van der Waals surface area contributed by atoms with Crippen LogP contribution in [0.5, 0.6) is 0 Å². The van der Waals surface area contributed by atoms with E-state index in [0.29, 0.717) is 6.42 Å². The maximum atomic E-state index is 13.2. The Morgan fingerprint density at radius 1 is 1.13 bits per heavy atom. The van der Waals surface area contributed by atoms with E-state index in [1.54, 1.807) is 0 Å². The largest absolute Gasteiger partial charge is 0.411 e. The van der Waals surface area contributed by atoms with Crippen LogP contribution >= 0.6 is 0 Å². The molecule has 2 N–H and O–H groups in total. The van der Waals surface area contributed by atoms with Gasteiger partial charge in [-0.2, -0.15) is 0 Å². The average molecular weight is 314 g/mol. The summed E-state index contributed by atoms with van der Waals surface area (Å²) >= 11 is 0. The van der Waals surface area contributed by atoms with E-state index >= 15 is 0 Å². The second kappa shape index (κ2) is 4.83. The topological polar surface area (TPSA) is 61.7 Å². The molecule has 4 heteroatoms. The van der Waals surface area contributed by atoms with Gasteiger partial charge in [0.25, 0.3) is 0 Å². The first-order valence-corrected chi connectivity index (χ1v) is 8.27. The lowest BCUT2D eigenvalue weighted by Gasteiger charge is -2.39. The third-order valence-corrected chi connectivity index (χ3v) is 6.77. The van der Waals surface area contributed by atoms with Crippen molar-refractivity contribution in [3.8, 4) is 0 Å². The van der Waals surface area contributed by atoms with Crippen molar-refractivity contribution in [3.05, 3.63) is 29.3 Å². The molecule has 0 spiro atoms. The number of oxime groups is 1. The van der Waals surface area contributed by atoms with Crippen LogP contribution in [0, 0.1) is 30.1 Å². The molecule has 1 aromatic carbocycles. The molecule has 2 unspecified atom stereocenters. The predicted molar refractivity (Wildman–Crippen MR) is 91.9 cm³/mol. The number of fused-ring (bicyclic) bond motifs is 2. The van der Waals surface area contributed by atoms with E-state index in [-0.39, 0.29) is 16.7 Å². The highest BCUT2D eigenvalue weighted by atomic mass is 16.4. The SMILES string of the molecule is Cc1cc(C)cc(NC(=O)C23CCC(C)(/C(=N/O)C2)C3(C)C)c1. The normalized spacial score (nSPS) is 33.2. The van der Waals surface area contributed by atoms with Gasteiger partial charge in [-0.3, -0.25) is 4.79 Å². The monoisotopic (exact) mass is 314 g/mol. The minimum atomic E-state index is -0.499. The third kappa shape index (κ3) is 1.97. The molecule has 2 aliphatic carbocycles. The molecule has 1 aromatic rings. The van der Waals surface area contributed by atoms with Gasteiger partial charge in [0, 0.05) is 17.5 Å². The van der Waals surface area contributed by atoms with Gasteiger partial charge in [0.1, 0.15) is 0 Å². The lowest BCUT2D eigenvalue weighted by Crippen LogP contribution is -2.43. The molecule has 0 heterocycles. The van der Waals surface area contributed by atoms with E-state index in [9.17, 15) is 10.0 Å². The zero-order valence-corrected chi connectivity index (χ0v) is 14.7. The number of nitrogens with zero attached hydrogens (tertiary/aromatic N) is 1. The molecule has 0 radical (unpaired) electrons. The lowest BCUT2D eigenvalue weighted by atomic mass is 9.64. The summed E-state index contributed by atoms with van der Waals surface area (Å²) in [5.41, 5.74) is 2.95. The Labute approximate surface area is 138 Å². The van der Waals surface area contributed by atoms with Gasteiger partial charge in [-0.1, -0.05) is 32.0 Å². The van der Waals surface area contributed by atoms with Crippen molar-refractivity contribution in [2.45, 2.75) is 53.9 Å². The summed E-state index contributed by atoms with van der Waals surface area (Å²) in [6.07, 6.45) is 2.27. The highest BCUT2D eigenvalue weighted by Gasteiger charge is 2.71. The maximum Gasteiger partial charge on any atom is 0.231 e. The molecule has 0 saturated heterocycles. The first-order valence-electron chi connectivity index (χ1n) is 8.27. The van der Waals surface area contributed by atoms with E-state index in [1.165, 1.54) is 0 Å². The highest BCUT2D eigenvalue weighted by molar-refractivity contribution is 6.06. The van der Waals surface area contributed by atoms with Crippen molar-refractivity contribution in [1.29, 1.82) is 0 Å². The summed E-state index contributed by atoms with van der Waals surface area (Å²) in [7, 11) is 0. The van der Waals surface area contributed by atoms with Gasteiger partial charge in [0.15, 0.2) is 0 Å². The van der Waals surface area contributed by atoms with Gasteiger partial charge >= 0.3 is 0 Å². The van der Waals surface area contributed by atoms with Gasteiger partial charge in [0.2, 0.25) is 5.91 Å². The number of carbonyl (C=O) groups is 1. The fourth-order valence-electron chi connectivity index (χ4n) is 4.83. The van der Waals surface area contributed by atoms with Crippen LogP contribution in [0.4, 0.5) is 5.69 Å². The summed E-state index contributed by atoms with van der Waals surface area (Å²) in [4.78, 5) is 13.2. The Hall–Kier alpha value is -1.84. The first-order chi connectivity index (χ1) is 10.7. The molecule has 3 rings (SSSR count). The van der Waals surface area contributed by atoms with Crippen LogP contribution < -0.4 is 5.32 Å². The Kier molecular flexibility index (Phi) is 3.36. The Bertz CT molecular complexity index is 687. The molecule has 23 heavy (non-hydrogen) atoms. The average Bonchev–Trinajstić information content (AvgIpc) is 2.75. The quantitative estimate of drug-likeness (QED) is 0.632. The molecule has 0 aromatic heterocycles. The van der Waals surface area contributed by atoms with Crippen LogP contribution in [0.3, 0.4) is 0 Å². The van der Waals surface area contributed by atoms with Crippen LogP contribution in [0.25, 0.3) is 0 Å². The Morgan fingerprint density at radius 2 is 1.74 bits per heavy atom. The van der Waals surface area contributed by atoms with Crippen molar-refractivity contribution in [3.63, 3.8) is 0 Å². The molecule has 2 aliphatic rings. The maximum absolute atomic E-state index is 13.2. The van der Waals surface area contributed by atoms with Gasteiger partial charge in [-0.15, -0.1) is 0 Å². The molecule has 4 nitrogen and oxygen atoms in total. The number of anilines is 1. The van der Waals surface area contributed by atoms with Gasteiger partial charge in [-0.25, -0.2) is 0 Å². The number of aryl methyl sites for hydroxylation is 2. The summed E-state index contributed by atoms with van der Waals surface area (Å²) < 4.78 is 0. The van der Waals surface area contributed by atoms with Crippen LogP contribution in [0.2, 0.25) is 0 Å². The molecular formula is C19H26N2O2. The third-order valence-electron chi connectivity index (χ3n) is 6.77. The first kappa shape index (κ1) is 16.0. The molecular weight excluding hydrogens is 288 g/mol. The number of benzene rings is 1. The molecule has 2 fully saturated rings. The van der Waals surface area contributed by atoms with Crippen molar-refractivity contribution < 1.29 is 10.0 Å². The highest BCUT2D eigenvalue weighted by Crippen LogP contribution is 2.71. The van der Waals surface area contributed by atoms with Gasteiger partial charge in [-0.05, 0) is 55.4 Å². The summed E-state index contributed by atoms with van der Waals surface area (Å²) in [6.45, 7) is 10.5. The molecule has 1 amide bonds. The van der Waals surface area contributed by atoms with E-state index in [1.807, 2.05) is 26.0 Å². The minimum Gasteiger partial charge on any atom is -0.411 e. The molecule has 2 bridgehead atoms. The number of amides is 1. The van der Waals surface area contributed by atoms with Crippen molar-refractivity contribution in [2.75, 3.05) is 5.32 Å². The number of carbonyl (C=O) groups excluding carboxylic acids is 1. The summed E-state index contributed by atoms with van der Waals surface area (Å²) in [5, 5.41) is 16.1. The van der Waals surface area contributed by atoms with E-state index < -0.39 is 5.41 Å². The predicted octanol–water partition coefficient (Wildman–Crippen LogP) is 4.29. The molecule has 0 aliphatic heterocycles. The van der Waals surface area contributed by atoms with Crippen LogP contribution in [0.15, 0.2) is 23.4 Å². The number of rotatable bonds is 2. The number of nitrogens with one attached hydrogen (secondary N) is 1. The van der Waals surface area contributed by atoms with Crippen molar-refractivity contribution >= 4 is 17.3 Å².